The van der Waals surface area contributed by atoms with Crippen molar-refractivity contribution in [1.82, 2.24) is 5.32 Å². The number of alkyl halides is 2. The highest BCUT2D eigenvalue weighted by Gasteiger charge is 2.24. The minimum absolute atomic E-state index is 0.00403. The first kappa shape index (κ1) is 23.2. The predicted molar refractivity (Wildman–Crippen MR) is 117 cm³/mol. The maximum atomic E-state index is 13.2. The largest absolute Gasteiger partial charge is 0.435 e. The molecule has 0 saturated heterocycles. The molecule has 0 spiro atoms. The zero-order valence-corrected chi connectivity index (χ0v) is 18.1. The Hall–Kier alpha value is -3.46. The van der Waals surface area contributed by atoms with Crippen LogP contribution in [0.5, 0.6) is 5.75 Å². The van der Waals surface area contributed by atoms with Gasteiger partial charge < -0.3 is 10.1 Å². The lowest BCUT2D eigenvalue weighted by atomic mass is 10.2. The maximum absolute atomic E-state index is 13.2. The number of carbonyl (C=O) groups is 1. The van der Waals surface area contributed by atoms with E-state index in [0.29, 0.717) is 11.3 Å². The quantitative estimate of drug-likeness (QED) is 0.513. The van der Waals surface area contributed by atoms with Crippen LogP contribution in [0.3, 0.4) is 0 Å². The predicted octanol–water partition coefficient (Wildman–Crippen LogP) is 4.43. The molecule has 0 unspecified atom stereocenters. The third-order valence-corrected chi connectivity index (χ3v) is 6.52. The fourth-order valence-corrected chi connectivity index (χ4v) is 4.60. The SMILES string of the molecule is CCN(c1ccccc1)S(=O)(=O)c1cccc(C(=O)NCc2ccc(OC(F)F)cc2)c1. The van der Waals surface area contributed by atoms with Gasteiger partial charge in [0.15, 0.2) is 0 Å². The van der Waals surface area contributed by atoms with Crippen molar-refractivity contribution in [3.8, 4) is 5.75 Å². The van der Waals surface area contributed by atoms with Crippen molar-refractivity contribution in [2.45, 2.75) is 25.0 Å². The number of nitrogens with zero attached hydrogens (tertiary/aromatic N) is 1. The molecule has 0 aromatic heterocycles. The van der Waals surface area contributed by atoms with Crippen molar-refractivity contribution in [3.05, 3.63) is 90.0 Å². The van der Waals surface area contributed by atoms with Gasteiger partial charge in [-0.25, -0.2) is 8.42 Å². The number of sulfonamides is 1. The number of ether oxygens (including phenoxy) is 1. The lowest BCUT2D eigenvalue weighted by Gasteiger charge is -2.23. The third kappa shape index (κ3) is 5.61. The fourth-order valence-electron chi connectivity index (χ4n) is 3.08. The molecule has 0 aliphatic heterocycles. The molecule has 1 amide bonds. The second-order valence-corrected chi connectivity index (χ2v) is 8.60. The van der Waals surface area contributed by atoms with E-state index in [1.54, 1.807) is 49.4 Å². The number of nitrogens with one attached hydrogen (secondary N) is 1. The fraction of sp³-hybridized carbons (Fsp3) is 0.174. The van der Waals surface area contributed by atoms with Gasteiger partial charge in [-0.3, -0.25) is 9.10 Å². The molecule has 9 heteroatoms. The van der Waals surface area contributed by atoms with Crippen LogP contribution >= 0.6 is 0 Å². The zero-order valence-electron chi connectivity index (χ0n) is 17.2. The van der Waals surface area contributed by atoms with Crippen molar-refractivity contribution < 1.29 is 26.7 Å². The molecule has 32 heavy (non-hydrogen) atoms. The summed E-state index contributed by atoms with van der Waals surface area (Å²) in [5, 5.41) is 2.69. The number of anilines is 1. The number of hydrogen-bond donors (Lipinski definition) is 1. The highest BCUT2D eigenvalue weighted by atomic mass is 32.2. The van der Waals surface area contributed by atoms with E-state index in [9.17, 15) is 22.0 Å². The normalized spacial score (nSPS) is 11.2. The highest BCUT2D eigenvalue weighted by Crippen LogP contribution is 2.24. The minimum Gasteiger partial charge on any atom is -0.435 e. The molecule has 168 valence electrons. The van der Waals surface area contributed by atoms with Gasteiger partial charge in [0.25, 0.3) is 15.9 Å². The van der Waals surface area contributed by atoms with Crippen LogP contribution in [-0.2, 0) is 16.6 Å². The van der Waals surface area contributed by atoms with Gasteiger partial charge in [-0.05, 0) is 55.0 Å². The van der Waals surface area contributed by atoms with Crippen LogP contribution in [0.4, 0.5) is 14.5 Å². The van der Waals surface area contributed by atoms with Crippen molar-refractivity contribution >= 4 is 21.6 Å². The molecule has 0 heterocycles. The molecule has 0 aliphatic carbocycles. The third-order valence-electron chi connectivity index (χ3n) is 4.62. The number of rotatable bonds is 9. The van der Waals surface area contributed by atoms with E-state index in [2.05, 4.69) is 10.1 Å². The Morgan fingerprint density at radius 3 is 2.31 bits per heavy atom. The number of carbonyl (C=O) groups excluding carboxylic acids is 1. The van der Waals surface area contributed by atoms with E-state index in [1.807, 2.05) is 0 Å². The molecule has 0 aliphatic rings. The number of benzene rings is 3. The Morgan fingerprint density at radius 1 is 1.00 bits per heavy atom. The molecule has 6 nitrogen and oxygen atoms in total. The molecule has 1 N–H and O–H groups in total. The average Bonchev–Trinajstić information content (AvgIpc) is 2.79. The smallest absolute Gasteiger partial charge is 0.387 e. The van der Waals surface area contributed by atoms with Gasteiger partial charge in [-0.1, -0.05) is 36.4 Å². The first-order valence-electron chi connectivity index (χ1n) is 9.81. The summed E-state index contributed by atoms with van der Waals surface area (Å²) in [5.41, 5.74) is 1.39. The Balaban J connectivity index is 1.73. The number of halogens is 2. The van der Waals surface area contributed by atoms with Crippen molar-refractivity contribution in [2.24, 2.45) is 0 Å². The lowest BCUT2D eigenvalue weighted by Crippen LogP contribution is -2.31. The summed E-state index contributed by atoms with van der Waals surface area (Å²) in [4.78, 5) is 12.6. The van der Waals surface area contributed by atoms with Gasteiger partial charge in [0.2, 0.25) is 0 Å². The van der Waals surface area contributed by atoms with Crippen LogP contribution in [0.15, 0.2) is 83.8 Å². The van der Waals surface area contributed by atoms with E-state index < -0.39 is 22.5 Å². The molecule has 3 aromatic carbocycles. The van der Waals surface area contributed by atoms with Crippen molar-refractivity contribution in [2.75, 3.05) is 10.8 Å². The summed E-state index contributed by atoms with van der Waals surface area (Å²) in [6.45, 7) is -0.808. The summed E-state index contributed by atoms with van der Waals surface area (Å²) < 4.78 is 56.3. The first-order chi connectivity index (χ1) is 15.3. The Kier molecular flexibility index (Phi) is 7.42. The lowest BCUT2D eigenvalue weighted by molar-refractivity contribution is -0.0498. The van der Waals surface area contributed by atoms with Crippen LogP contribution in [-0.4, -0.2) is 27.5 Å². The van der Waals surface area contributed by atoms with E-state index in [4.69, 9.17) is 0 Å². The molecule has 0 bridgehead atoms. The second kappa shape index (κ2) is 10.2. The molecule has 0 fully saturated rings. The minimum atomic E-state index is -3.86. The maximum Gasteiger partial charge on any atom is 0.387 e. The van der Waals surface area contributed by atoms with Gasteiger partial charge in [0.1, 0.15) is 5.75 Å². The Morgan fingerprint density at radius 2 is 1.69 bits per heavy atom. The zero-order chi connectivity index (χ0) is 23.1. The molecule has 3 rings (SSSR count). The van der Waals surface area contributed by atoms with E-state index in [-0.39, 0.29) is 29.3 Å². The van der Waals surface area contributed by atoms with Crippen LogP contribution in [0.2, 0.25) is 0 Å². The van der Waals surface area contributed by atoms with E-state index in [1.165, 1.54) is 40.7 Å². The topological polar surface area (TPSA) is 75.7 Å². The number of para-hydroxylation sites is 1. The summed E-state index contributed by atoms with van der Waals surface area (Å²) in [5.74, 6) is -0.440. The van der Waals surface area contributed by atoms with Crippen molar-refractivity contribution in [3.63, 3.8) is 0 Å². The van der Waals surface area contributed by atoms with Crippen LogP contribution in [0.1, 0.15) is 22.8 Å². The molecular weight excluding hydrogens is 438 g/mol. The number of hydrogen-bond acceptors (Lipinski definition) is 4. The summed E-state index contributed by atoms with van der Waals surface area (Å²) in [7, 11) is -3.86. The van der Waals surface area contributed by atoms with E-state index in [0.717, 1.165) is 0 Å². The van der Waals surface area contributed by atoms with Gasteiger partial charge in [-0.2, -0.15) is 8.78 Å². The molecular formula is C23H22F2N2O4S. The average molecular weight is 461 g/mol. The van der Waals surface area contributed by atoms with Gasteiger partial charge in [0, 0.05) is 18.7 Å². The molecule has 0 saturated carbocycles. The number of amides is 1. The summed E-state index contributed by atoms with van der Waals surface area (Å²) >= 11 is 0. The Bertz CT molecular complexity index is 1150. The molecule has 0 atom stereocenters. The highest BCUT2D eigenvalue weighted by molar-refractivity contribution is 7.92. The standard InChI is InChI=1S/C23H22F2N2O4S/c1-2-27(19-8-4-3-5-9-19)32(29,30)21-10-6-7-18(15-21)22(28)26-16-17-11-13-20(14-12-17)31-23(24)25/h3-15,23H,2,16H2,1H3,(H,26,28). The summed E-state index contributed by atoms with van der Waals surface area (Å²) in [6.07, 6.45) is 0. The molecule has 3 aromatic rings. The summed E-state index contributed by atoms with van der Waals surface area (Å²) in [6, 6.07) is 20.4. The van der Waals surface area contributed by atoms with Gasteiger partial charge >= 0.3 is 6.61 Å². The van der Waals surface area contributed by atoms with Crippen molar-refractivity contribution in [1.29, 1.82) is 0 Å². The first-order valence-corrected chi connectivity index (χ1v) is 11.2. The monoisotopic (exact) mass is 460 g/mol. The van der Waals surface area contributed by atoms with E-state index >= 15 is 0 Å². The van der Waals surface area contributed by atoms with Gasteiger partial charge in [-0.15, -0.1) is 0 Å². The van der Waals surface area contributed by atoms with Crippen LogP contribution in [0, 0.1) is 0 Å². The second-order valence-electron chi connectivity index (χ2n) is 6.74. The van der Waals surface area contributed by atoms with Crippen LogP contribution in [0.25, 0.3) is 0 Å². The molecule has 0 radical (unpaired) electrons. The van der Waals surface area contributed by atoms with Crippen LogP contribution < -0.4 is 14.4 Å². The Labute approximate surface area is 185 Å². The van der Waals surface area contributed by atoms with Gasteiger partial charge in [0.05, 0.1) is 10.6 Å².